The quantitative estimate of drug-likeness (QED) is 0.198. The highest BCUT2D eigenvalue weighted by atomic mass is 79.9. The number of ether oxygens (including phenoxy) is 1. The van der Waals surface area contributed by atoms with E-state index < -0.39 is 0 Å². The summed E-state index contributed by atoms with van der Waals surface area (Å²) in [6, 6.07) is 31.7. The third-order valence-electron chi connectivity index (χ3n) is 6.78. The second-order valence-electron chi connectivity index (χ2n) is 9.59. The molecule has 7 heteroatoms. The molecule has 0 aliphatic carbocycles. The summed E-state index contributed by atoms with van der Waals surface area (Å²) in [6.45, 7) is 4.13. The first-order chi connectivity index (χ1) is 19.0. The van der Waals surface area contributed by atoms with Gasteiger partial charge in [0.15, 0.2) is 5.11 Å². The van der Waals surface area contributed by atoms with Gasteiger partial charge in [-0.2, -0.15) is 0 Å². The molecule has 1 aliphatic heterocycles. The van der Waals surface area contributed by atoms with E-state index >= 15 is 0 Å². The molecule has 5 aromatic rings. The lowest BCUT2D eigenvalue weighted by atomic mass is 10.0. The molecule has 3 aromatic carbocycles. The predicted molar refractivity (Wildman–Crippen MR) is 162 cm³/mol. The Morgan fingerprint density at radius 3 is 2.28 bits per heavy atom. The van der Waals surface area contributed by atoms with Gasteiger partial charge in [0.05, 0.1) is 11.7 Å². The summed E-state index contributed by atoms with van der Waals surface area (Å²) in [7, 11) is 0. The number of halogens is 1. The van der Waals surface area contributed by atoms with Gasteiger partial charge in [0.2, 0.25) is 0 Å². The number of benzene rings is 3. The molecule has 2 atom stereocenters. The number of rotatable bonds is 6. The molecule has 0 spiro atoms. The number of aryl methyl sites for hydroxylation is 2. The van der Waals surface area contributed by atoms with E-state index in [-0.39, 0.29) is 12.1 Å². The number of thiocarbonyl (C=S) groups is 1. The molecule has 39 heavy (non-hydrogen) atoms. The standard InChI is InChI=1S/C32H26BrN3O2S/c1-20-6-11-23(12-7-20)37-24-13-9-22(10-14-24)36-31(30(35-32(36)39)27-5-3-4-18-34-27)29-17-16-28(38-29)25-15-8-21(2)19-26(25)33/h3-19,30-31H,1-2H3,(H,35,39)/t30-,31+/m1/s1. The maximum Gasteiger partial charge on any atom is 0.174 e. The number of anilines is 1. The molecular formula is C32H26BrN3O2S. The predicted octanol–water partition coefficient (Wildman–Crippen LogP) is 8.69. The van der Waals surface area contributed by atoms with E-state index in [1.165, 1.54) is 11.1 Å². The largest absolute Gasteiger partial charge is 0.459 e. The summed E-state index contributed by atoms with van der Waals surface area (Å²) >= 11 is 9.56. The van der Waals surface area contributed by atoms with E-state index in [4.69, 9.17) is 21.4 Å². The van der Waals surface area contributed by atoms with Crippen molar-refractivity contribution in [2.45, 2.75) is 25.9 Å². The zero-order valence-corrected chi connectivity index (χ0v) is 23.9. The van der Waals surface area contributed by atoms with Crippen molar-refractivity contribution in [1.29, 1.82) is 0 Å². The van der Waals surface area contributed by atoms with E-state index in [1.54, 1.807) is 6.20 Å². The van der Waals surface area contributed by atoms with Crippen LogP contribution in [0.5, 0.6) is 11.5 Å². The molecule has 6 rings (SSSR count). The lowest BCUT2D eigenvalue weighted by Gasteiger charge is -2.26. The van der Waals surface area contributed by atoms with Crippen LogP contribution >= 0.6 is 28.1 Å². The second kappa shape index (κ2) is 10.7. The van der Waals surface area contributed by atoms with Crippen LogP contribution in [0.1, 0.15) is 34.7 Å². The Hall–Kier alpha value is -3.94. The summed E-state index contributed by atoms with van der Waals surface area (Å²) in [5, 5.41) is 4.10. The van der Waals surface area contributed by atoms with Gasteiger partial charge in [-0.25, -0.2) is 0 Å². The van der Waals surface area contributed by atoms with E-state index in [2.05, 4.69) is 63.2 Å². The van der Waals surface area contributed by atoms with Crippen LogP contribution in [0.2, 0.25) is 0 Å². The molecule has 1 saturated heterocycles. The Labute approximate surface area is 241 Å². The maximum atomic E-state index is 6.51. The fourth-order valence-corrected chi connectivity index (χ4v) is 5.85. The number of furan rings is 1. The van der Waals surface area contributed by atoms with E-state index in [1.807, 2.05) is 78.9 Å². The van der Waals surface area contributed by atoms with E-state index in [9.17, 15) is 0 Å². The fraction of sp³-hybridized carbons (Fsp3) is 0.125. The highest BCUT2D eigenvalue weighted by Gasteiger charge is 2.42. The second-order valence-corrected chi connectivity index (χ2v) is 10.8. The molecule has 0 bridgehead atoms. The van der Waals surface area contributed by atoms with Crippen LogP contribution in [0.3, 0.4) is 0 Å². The van der Waals surface area contributed by atoms with Gasteiger partial charge in [-0.15, -0.1) is 0 Å². The van der Waals surface area contributed by atoms with Gasteiger partial charge in [0.25, 0.3) is 0 Å². The Balaban J connectivity index is 1.35. The van der Waals surface area contributed by atoms with E-state index in [0.29, 0.717) is 5.11 Å². The SMILES string of the molecule is Cc1ccc(Oc2ccc(N3C(=S)N[C@H](c4ccccn4)[C@@H]3c3ccc(-c4ccc(C)cc4Br)o3)cc2)cc1. The summed E-state index contributed by atoms with van der Waals surface area (Å²) in [4.78, 5) is 6.73. The third-order valence-corrected chi connectivity index (χ3v) is 7.75. The molecule has 0 saturated carbocycles. The first-order valence-corrected chi connectivity index (χ1v) is 13.9. The van der Waals surface area contributed by atoms with Crippen LogP contribution in [0, 0.1) is 13.8 Å². The molecule has 2 aromatic heterocycles. The number of nitrogens with one attached hydrogen (secondary N) is 1. The van der Waals surface area contributed by atoms with Crippen molar-refractivity contribution in [3.8, 4) is 22.8 Å². The molecule has 3 heterocycles. The number of aromatic nitrogens is 1. The topological polar surface area (TPSA) is 50.5 Å². The maximum absolute atomic E-state index is 6.51. The highest BCUT2D eigenvalue weighted by molar-refractivity contribution is 9.10. The lowest BCUT2D eigenvalue weighted by Crippen LogP contribution is -2.29. The molecule has 1 aliphatic rings. The minimum atomic E-state index is -0.241. The zero-order chi connectivity index (χ0) is 26.9. The van der Waals surface area contributed by atoms with Crippen molar-refractivity contribution in [2.24, 2.45) is 0 Å². The molecule has 0 amide bonds. The summed E-state index contributed by atoms with van der Waals surface area (Å²) in [5.74, 6) is 3.13. The fourth-order valence-electron chi connectivity index (χ4n) is 4.82. The van der Waals surface area contributed by atoms with Gasteiger partial charge in [-0.05, 0) is 104 Å². The van der Waals surface area contributed by atoms with Crippen molar-refractivity contribution in [3.63, 3.8) is 0 Å². The van der Waals surface area contributed by atoms with Crippen LogP contribution in [0.15, 0.2) is 112 Å². The Morgan fingerprint density at radius 1 is 0.872 bits per heavy atom. The van der Waals surface area contributed by atoms with Crippen molar-refractivity contribution in [3.05, 3.63) is 130 Å². The molecule has 0 unspecified atom stereocenters. The Morgan fingerprint density at radius 2 is 1.59 bits per heavy atom. The van der Waals surface area contributed by atoms with Gasteiger partial charge in [-0.3, -0.25) is 4.98 Å². The van der Waals surface area contributed by atoms with Crippen molar-refractivity contribution < 1.29 is 9.15 Å². The normalized spacial score (nSPS) is 16.8. The molecule has 5 nitrogen and oxygen atoms in total. The number of nitrogens with zero attached hydrogens (tertiary/aromatic N) is 2. The lowest BCUT2D eigenvalue weighted by molar-refractivity contribution is 0.439. The minimum Gasteiger partial charge on any atom is -0.459 e. The Bertz CT molecular complexity index is 1620. The van der Waals surface area contributed by atoms with Crippen molar-refractivity contribution in [1.82, 2.24) is 10.3 Å². The Kier molecular flexibility index (Phi) is 6.94. The number of hydrogen-bond donors (Lipinski definition) is 1. The van der Waals surface area contributed by atoms with Gasteiger partial charge in [0, 0.05) is 21.9 Å². The van der Waals surface area contributed by atoms with Crippen molar-refractivity contribution >= 4 is 38.9 Å². The van der Waals surface area contributed by atoms with Crippen LogP contribution in [-0.4, -0.2) is 10.1 Å². The average Bonchev–Trinajstić information content (AvgIpc) is 3.55. The molecule has 1 N–H and O–H groups in total. The smallest absolute Gasteiger partial charge is 0.174 e. The molecule has 0 radical (unpaired) electrons. The van der Waals surface area contributed by atoms with Crippen molar-refractivity contribution in [2.75, 3.05) is 4.90 Å². The van der Waals surface area contributed by atoms with Crippen LogP contribution < -0.4 is 15.0 Å². The number of hydrogen-bond acceptors (Lipinski definition) is 4. The zero-order valence-electron chi connectivity index (χ0n) is 21.5. The van der Waals surface area contributed by atoms with Crippen LogP contribution in [-0.2, 0) is 0 Å². The first kappa shape index (κ1) is 25.3. The molecule has 194 valence electrons. The monoisotopic (exact) mass is 595 g/mol. The molecular weight excluding hydrogens is 570 g/mol. The first-order valence-electron chi connectivity index (χ1n) is 12.7. The molecule has 1 fully saturated rings. The number of pyridine rings is 1. The summed E-state index contributed by atoms with van der Waals surface area (Å²) in [5.41, 5.74) is 5.19. The summed E-state index contributed by atoms with van der Waals surface area (Å²) < 4.78 is 13.6. The highest BCUT2D eigenvalue weighted by Crippen LogP contribution is 2.44. The van der Waals surface area contributed by atoms with Gasteiger partial charge in [0.1, 0.15) is 29.1 Å². The third kappa shape index (κ3) is 5.20. The van der Waals surface area contributed by atoms with Gasteiger partial charge >= 0.3 is 0 Å². The average molecular weight is 597 g/mol. The summed E-state index contributed by atoms with van der Waals surface area (Å²) in [6.07, 6.45) is 1.80. The minimum absolute atomic E-state index is 0.192. The van der Waals surface area contributed by atoms with E-state index in [0.717, 1.165) is 44.4 Å². The van der Waals surface area contributed by atoms with Gasteiger partial charge < -0.3 is 19.4 Å². The van der Waals surface area contributed by atoms with Crippen LogP contribution in [0.4, 0.5) is 5.69 Å². The van der Waals surface area contributed by atoms with Crippen LogP contribution in [0.25, 0.3) is 11.3 Å². The van der Waals surface area contributed by atoms with Gasteiger partial charge in [-0.1, -0.05) is 45.8 Å².